The summed E-state index contributed by atoms with van der Waals surface area (Å²) in [7, 11) is 0. The van der Waals surface area contributed by atoms with Crippen LogP contribution in [0.25, 0.3) is 11.1 Å². The molecule has 4 rings (SSSR count). The molecule has 2 aliphatic rings. The maximum absolute atomic E-state index is 13.2. The molecule has 0 spiro atoms. The van der Waals surface area contributed by atoms with Crippen molar-refractivity contribution in [3.05, 3.63) is 67.0 Å². The molecular weight excluding hydrogens is 386 g/mol. The molecule has 2 fully saturated rings. The second-order valence-electron chi connectivity index (χ2n) is 8.85. The first-order chi connectivity index (χ1) is 15.1. The highest BCUT2D eigenvalue weighted by molar-refractivity contribution is 5.84. The van der Waals surface area contributed by atoms with Gasteiger partial charge in [-0.1, -0.05) is 36.8 Å². The summed E-state index contributed by atoms with van der Waals surface area (Å²) in [5.74, 6) is 0.558. The van der Waals surface area contributed by atoms with E-state index in [9.17, 15) is 9.59 Å². The molecule has 1 saturated carbocycles. The summed E-state index contributed by atoms with van der Waals surface area (Å²) >= 11 is 0. The molecule has 31 heavy (non-hydrogen) atoms. The Hall–Kier alpha value is -2.95. The van der Waals surface area contributed by atoms with Crippen LogP contribution in [0.1, 0.15) is 37.7 Å². The number of nitrogens with one attached hydrogen (secondary N) is 1. The lowest BCUT2D eigenvalue weighted by Crippen LogP contribution is -2.52. The predicted molar refractivity (Wildman–Crippen MR) is 122 cm³/mol. The van der Waals surface area contributed by atoms with Crippen LogP contribution in [0.3, 0.4) is 0 Å². The van der Waals surface area contributed by atoms with Crippen molar-refractivity contribution in [3.8, 4) is 11.1 Å². The lowest BCUT2D eigenvalue weighted by Gasteiger charge is -2.42. The van der Waals surface area contributed by atoms with Gasteiger partial charge in [-0.05, 0) is 60.9 Å². The molecule has 0 radical (unpaired) electrons. The second-order valence-corrected chi connectivity index (χ2v) is 8.85. The molecular formula is C26H31N3O2. The molecule has 1 aromatic carbocycles. The van der Waals surface area contributed by atoms with Gasteiger partial charge in [-0.25, -0.2) is 0 Å². The first-order valence-electron chi connectivity index (χ1n) is 11.3. The SMILES string of the molecule is C=CCNC(=O)C1(Cc2cccc(-c3ccncc3)c2)CCN(C(=O)C2CCC2)CC1. The van der Waals surface area contributed by atoms with E-state index in [1.54, 1.807) is 18.5 Å². The van der Waals surface area contributed by atoms with Gasteiger partial charge in [-0.15, -0.1) is 6.58 Å². The minimum Gasteiger partial charge on any atom is -0.352 e. The van der Waals surface area contributed by atoms with Crippen LogP contribution < -0.4 is 5.32 Å². The molecule has 2 amide bonds. The zero-order valence-electron chi connectivity index (χ0n) is 18.1. The number of nitrogens with zero attached hydrogens (tertiary/aromatic N) is 2. The quantitative estimate of drug-likeness (QED) is 0.693. The fraction of sp³-hybridized carbons (Fsp3) is 0.423. The minimum atomic E-state index is -0.504. The number of carbonyl (C=O) groups is 2. The highest BCUT2D eigenvalue weighted by Crippen LogP contribution is 2.38. The third kappa shape index (κ3) is 4.71. The summed E-state index contributed by atoms with van der Waals surface area (Å²) in [6.45, 7) is 5.50. The number of benzene rings is 1. The van der Waals surface area contributed by atoms with Gasteiger partial charge in [-0.2, -0.15) is 0 Å². The monoisotopic (exact) mass is 417 g/mol. The largest absolute Gasteiger partial charge is 0.352 e. The summed E-state index contributed by atoms with van der Waals surface area (Å²) < 4.78 is 0. The summed E-state index contributed by atoms with van der Waals surface area (Å²) in [6, 6.07) is 12.4. The Bertz CT molecular complexity index is 929. The standard InChI is InChI=1S/C26H31N3O2/c1-2-13-28-25(31)26(11-16-29(17-12-26)24(30)22-6-4-7-22)19-20-5-3-8-23(18-20)21-9-14-27-15-10-21/h2-3,5,8-10,14-15,18,22H,1,4,6-7,11-13,16-17,19H2,(H,28,31). The van der Waals surface area contributed by atoms with E-state index in [-0.39, 0.29) is 17.7 Å². The van der Waals surface area contributed by atoms with Crippen LogP contribution in [-0.4, -0.2) is 41.3 Å². The molecule has 1 aliphatic heterocycles. The number of piperidine rings is 1. The van der Waals surface area contributed by atoms with Crippen LogP contribution in [-0.2, 0) is 16.0 Å². The van der Waals surface area contributed by atoms with E-state index in [0.29, 0.717) is 38.9 Å². The number of carbonyl (C=O) groups excluding carboxylic acids is 2. The molecule has 162 valence electrons. The minimum absolute atomic E-state index is 0.0671. The molecule has 1 N–H and O–H groups in total. The van der Waals surface area contributed by atoms with E-state index in [1.165, 1.54) is 0 Å². The summed E-state index contributed by atoms with van der Waals surface area (Å²) in [6.07, 6.45) is 10.5. The van der Waals surface area contributed by atoms with E-state index in [0.717, 1.165) is 36.0 Å². The smallest absolute Gasteiger partial charge is 0.226 e. The molecule has 0 unspecified atom stereocenters. The third-order valence-electron chi connectivity index (χ3n) is 6.86. The Kier molecular flexibility index (Phi) is 6.50. The van der Waals surface area contributed by atoms with Crippen molar-refractivity contribution in [3.63, 3.8) is 0 Å². The van der Waals surface area contributed by atoms with E-state index >= 15 is 0 Å². The molecule has 0 bridgehead atoms. The van der Waals surface area contributed by atoms with Crippen molar-refractivity contribution in [2.24, 2.45) is 11.3 Å². The van der Waals surface area contributed by atoms with Crippen LogP contribution in [0.2, 0.25) is 0 Å². The maximum Gasteiger partial charge on any atom is 0.226 e. The molecule has 5 heteroatoms. The average Bonchev–Trinajstić information content (AvgIpc) is 2.77. The Balaban J connectivity index is 1.53. The summed E-state index contributed by atoms with van der Waals surface area (Å²) in [5.41, 5.74) is 2.87. The average molecular weight is 418 g/mol. The van der Waals surface area contributed by atoms with Crippen LogP contribution in [0.15, 0.2) is 61.4 Å². The molecule has 1 aromatic heterocycles. The Morgan fingerprint density at radius 3 is 2.52 bits per heavy atom. The summed E-state index contributed by atoms with van der Waals surface area (Å²) in [4.78, 5) is 32.0. The number of aromatic nitrogens is 1. The van der Waals surface area contributed by atoms with Crippen LogP contribution >= 0.6 is 0 Å². The lowest BCUT2D eigenvalue weighted by molar-refractivity contribution is -0.144. The molecule has 1 saturated heterocycles. The summed E-state index contributed by atoms with van der Waals surface area (Å²) in [5, 5.41) is 3.03. The van der Waals surface area contributed by atoms with Crippen molar-refractivity contribution in [1.82, 2.24) is 15.2 Å². The zero-order valence-corrected chi connectivity index (χ0v) is 18.1. The van der Waals surface area contributed by atoms with Crippen LogP contribution in [0.4, 0.5) is 0 Å². The van der Waals surface area contributed by atoms with Crippen molar-refractivity contribution in [2.45, 2.75) is 38.5 Å². The number of likely N-dealkylation sites (tertiary alicyclic amines) is 1. The van der Waals surface area contributed by atoms with Gasteiger partial charge in [0.25, 0.3) is 0 Å². The molecule has 1 aliphatic carbocycles. The third-order valence-corrected chi connectivity index (χ3v) is 6.86. The zero-order chi connectivity index (χ0) is 21.7. The van der Waals surface area contributed by atoms with E-state index in [4.69, 9.17) is 0 Å². The highest BCUT2D eigenvalue weighted by Gasteiger charge is 2.43. The number of amides is 2. The van der Waals surface area contributed by atoms with Gasteiger partial charge < -0.3 is 10.2 Å². The van der Waals surface area contributed by atoms with Gasteiger partial charge in [0.1, 0.15) is 0 Å². The number of pyridine rings is 1. The first kappa shape index (κ1) is 21.3. The van der Waals surface area contributed by atoms with Crippen molar-refractivity contribution in [2.75, 3.05) is 19.6 Å². The van der Waals surface area contributed by atoms with Gasteiger partial charge in [0, 0.05) is 37.9 Å². The van der Waals surface area contributed by atoms with Gasteiger partial charge in [-0.3, -0.25) is 14.6 Å². The fourth-order valence-corrected chi connectivity index (χ4v) is 4.70. The number of rotatable bonds is 7. The van der Waals surface area contributed by atoms with E-state index in [1.807, 2.05) is 17.0 Å². The Labute approximate surface area is 184 Å². The predicted octanol–water partition coefficient (Wildman–Crippen LogP) is 4.00. The van der Waals surface area contributed by atoms with Crippen molar-refractivity contribution in [1.29, 1.82) is 0 Å². The lowest BCUT2D eigenvalue weighted by atomic mass is 9.72. The maximum atomic E-state index is 13.2. The van der Waals surface area contributed by atoms with E-state index in [2.05, 4.69) is 41.1 Å². The molecule has 5 nitrogen and oxygen atoms in total. The fourth-order valence-electron chi connectivity index (χ4n) is 4.70. The van der Waals surface area contributed by atoms with Gasteiger partial charge >= 0.3 is 0 Å². The number of hydrogen-bond donors (Lipinski definition) is 1. The second kappa shape index (κ2) is 9.46. The highest BCUT2D eigenvalue weighted by atomic mass is 16.2. The Morgan fingerprint density at radius 2 is 1.87 bits per heavy atom. The van der Waals surface area contributed by atoms with Crippen molar-refractivity contribution >= 4 is 11.8 Å². The van der Waals surface area contributed by atoms with Gasteiger partial charge in [0.05, 0.1) is 5.41 Å². The molecule has 2 aromatic rings. The van der Waals surface area contributed by atoms with Gasteiger partial charge in [0.2, 0.25) is 11.8 Å². The van der Waals surface area contributed by atoms with Crippen LogP contribution in [0, 0.1) is 11.3 Å². The topological polar surface area (TPSA) is 62.3 Å². The normalized spacial score (nSPS) is 18.1. The number of hydrogen-bond acceptors (Lipinski definition) is 3. The van der Waals surface area contributed by atoms with Gasteiger partial charge in [0.15, 0.2) is 0 Å². The van der Waals surface area contributed by atoms with Crippen LogP contribution in [0.5, 0.6) is 0 Å². The van der Waals surface area contributed by atoms with Crippen molar-refractivity contribution < 1.29 is 9.59 Å². The first-order valence-corrected chi connectivity index (χ1v) is 11.3. The molecule has 2 heterocycles. The van der Waals surface area contributed by atoms with E-state index < -0.39 is 5.41 Å². The molecule has 0 atom stereocenters. The Morgan fingerprint density at radius 1 is 1.13 bits per heavy atom.